The summed E-state index contributed by atoms with van der Waals surface area (Å²) in [5.74, 6) is -0.554. The van der Waals surface area contributed by atoms with Crippen molar-refractivity contribution in [2.45, 2.75) is 19.2 Å². The van der Waals surface area contributed by atoms with Crippen molar-refractivity contribution in [2.75, 3.05) is 7.11 Å². The van der Waals surface area contributed by atoms with Crippen LogP contribution in [0.2, 0.25) is 0 Å². The molecule has 33 heavy (non-hydrogen) atoms. The van der Waals surface area contributed by atoms with Gasteiger partial charge in [0.2, 0.25) is 5.88 Å². The third-order valence-electron chi connectivity index (χ3n) is 4.97. The van der Waals surface area contributed by atoms with Crippen LogP contribution in [0.15, 0.2) is 65.9 Å². The lowest BCUT2D eigenvalue weighted by Gasteiger charge is -2.23. The number of methoxy groups -OCH3 is 1. The van der Waals surface area contributed by atoms with Crippen LogP contribution in [0.3, 0.4) is 0 Å². The number of halogens is 1. The lowest BCUT2D eigenvalue weighted by Crippen LogP contribution is -2.27. The fourth-order valence-corrected chi connectivity index (χ4v) is 4.56. The number of nitrogens with zero attached hydrogens (tertiary/aromatic N) is 3. The molecule has 0 saturated heterocycles. The predicted octanol–water partition coefficient (Wildman–Crippen LogP) is 4.71. The largest absolute Gasteiger partial charge is 0.481 e. The Morgan fingerprint density at radius 1 is 1.09 bits per heavy atom. The second kappa shape index (κ2) is 9.41. The number of pyridine rings is 1. The van der Waals surface area contributed by atoms with Crippen molar-refractivity contribution in [2.24, 2.45) is 5.10 Å². The first-order valence-corrected chi connectivity index (χ1v) is 10.9. The molecule has 168 valence electrons. The van der Waals surface area contributed by atoms with Gasteiger partial charge in [0.15, 0.2) is 0 Å². The molecule has 2 aromatic carbocycles. The smallest absolute Gasteiger partial charge is 0.308 e. The summed E-state index contributed by atoms with van der Waals surface area (Å²) < 4.78 is 24.1. The molecule has 0 fully saturated rings. The van der Waals surface area contributed by atoms with Crippen LogP contribution in [0.4, 0.5) is 4.39 Å². The first-order valence-electron chi connectivity index (χ1n) is 10.0. The van der Waals surface area contributed by atoms with Gasteiger partial charge in [-0.15, -0.1) is 0 Å². The molecule has 1 aromatic heterocycles. The molecule has 1 aliphatic heterocycles. The van der Waals surface area contributed by atoms with Gasteiger partial charge in [0, 0.05) is 35.4 Å². The molecule has 0 saturated carbocycles. The van der Waals surface area contributed by atoms with E-state index in [0.717, 1.165) is 0 Å². The van der Waals surface area contributed by atoms with E-state index in [9.17, 15) is 14.0 Å². The molecule has 0 spiro atoms. The summed E-state index contributed by atoms with van der Waals surface area (Å²) in [6, 6.07) is 14.4. The van der Waals surface area contributed by atoms with E-state index in [1.165, 1.54) is 42.9 Å². The molecule has 1 aliphatic rings. The minimum absolute atomic E-state index is 0.304. The molecule has 0 radical (unpaired) electrons. The molecular weight excluding hydrogens is 445 g/mol. The average molecular weight is 466 g/mol. The summed E-state index contributed by atoms with van der Waals surface area (Å²) in [7, 11) is 1.51. The number of ether oxygens (including phenoxy) is 2. The zero-order chi connectivity index (χ0) is 23.5. The summed E-state index contributed by atoms with van der Waals surface area (Å²) in [5.41, 5.74) is 2.19. The van der Waals surface area contributed by atoms with E-state index in [2.05, 4.69) is 10.1 Å². The van der Waals surface area contributed by atoms with Gasteiger partial charge in [0.1, 0.15) is 22.0 Å². The van der Waals surface area contributed by atoms with E-state index >= 15 is 0 Å². The minimum atomic E-state index is -0.571. The number of amides is 1. The minimum Gasteiger partial charge on any atom is -0.481 e. The van der Waals surface area contributed by atoms with E-state index in [1.54, 1.807) is 49.5 Å². The quantitative estimate of drug-likeness (QED) is 0.401. The Balaban J connectivity index is 1.78. The van der Waals surface area contributed by atoms with Crippen LogP contribution in [0.1, 0.15) is 39.3 Å². The molecule has 3 aromatic rings. The van der Waals surface area contributed by atoms with Gasteiger partial charge >= 0.3 is 5.97 Å². The van der Waals surface area contributed by atoms with E-state index in [4.69, 9.17) is 9.47 Å². The van der Waals surface area contributed by atoms with E-state index in [0.29, 0.717) is 38.9 Å². The van der Waals surface area contributed by atoms with Gasteiger partial charge in [-0.25, -0.2) is 14.4 Å². The Labute approximate surface area is 194 Å². The average Bonchev–Trinajstić information content (AvgIpc) is 3.25. The van der Waals surface area contributed by atoms with Crippen LogP contribution in [0.5, 0.6) is 11.6 Å². The summed E-state index contributed by atoms with van der Waals surface area (Å²) in [6.45, 7) is 3.01. The van der Waals surface area contributed by atoms with Crippen LogP contribution < -0.4 is 9.47 Å². The monoisotopic (exact) mass is 465 g/mol. The molecule has 4 rings (SSSR count). The number of hydrogen-bond acceptors (Lipinski definition) is 7. The second-order valence-corrected chi connectivity index (χ2v) is 8.23. The molecule has 0 aliphatic carbocycles. The summed E-state index contributed by atoms with van der Waals surface area (Å²) in [4.78, 5) is 29.4. The van der Waals surface area contributed by atoms with Gasteiger partial charge in [-0.1, -0.05) is 17.8 Å². The van der Waals surface area contributed by atoms with Crippen molar-refractivity contribution in [1.29, 1.82) is 0 Å². The van der Waals surface area contributed by atoms with Gasteiger partial charge in [-0.05, 0) is 55.5 Å². The maximum Gasteiger partial charge on any atom is 0.308 e. The van der Waals surface area contributed by atoms with E-state index in [-0.39, 0.29) is 11.7 Å². The van der Waals surface area contributed by atoms with Gasteiger partial charge < -0.3 is 9.47 Å². The Morgan fingerprint density at radius 3 is 2.55 bits per heavy atom. The summed E-state index contributed by atoms with van der Waals surface area (Å²) in [6.07, 6.45) is 1.60. The summed E-state index contributed by atoms with van der Waals surface area (Å²) >= 11 is 1.33. The SMILES string of the molecule is COc1ncccc1C1SC(c2ccc(F)cc2)=NN1C(=O)c1cccc(OC(C)=O)c1C. The molecule has 1 atom stereocenters. The van der Waals surface area contributed by atoms with Crippen LogP contribution in [0, 0.1) is 12.7 Å². The van der Waals surface area contributed by atoms with Gasteiger partial charge in [0.05, 0.1) is 7.11 Å². The van der Waals surface area contributed by atoms with E-state index in [1.807, 2.05) is 6.07 Å². The highest BCUT2D eigenvalue weighted by Crippen LogP contribution is 2.44. The fraction of sp³-hybridized carbons (Fsp3) is 0.167. The number of esters is 1. The molecule has 9 heteroatoms. The zero-order valence-corrected chi connectivity index (χ0v) is 18.9. The van der Waals surface area contributed by atoms with Crippen molar-refractivity contribution in [3.8, 4) is 11.6 Å². The highest BCUT2D eigenvalue weighted by molar-refractivity contribution is 8.14. The molecule has 0 N–H and O–H groups in total. The Bertz CT molecular complexity index is 1250. The third kappa shape index (κ3) is 4.58. The summed E-state index contributed by atoms with van der Waals surface area (Å²) in [5, 5.41) is 5.91. The maximum atomic E-state index is 13.7. The first kappa shape index (κ1) is 22.5. The van der Waals surface area contributed by atoms with Gasteiger partial charge in [-0.2, -0.15) is 5.10 Å². The van der Waals surface area contributed by atoms with E-state index < -0.39 is 11.3 Å². The number of carbonyl (C=O) groups excluding carboxylic acids is 2. The number of hydrogen-bond donors (Lipinski definition) is 0. The normalized spacial score (nSPS) is 15.2. The molecular formula is C24H20FN3O4S. The third-order valence-corrected chi connectivity index (χ3v) is 6.19. The highest BCUT2D eigenvalue weighted by Gasteiger charge is 2.37. The molecule has 0 bridgehead atoms. The van der Waals surface area contributed by atoms with Crippen molar-refractivity contribution < 1.29 is 23.5 Å². The molecule has 7 nitrogen and oxygen atoms in total. The van der Waals surface area contributed by atoms with Crippen LogP contribution in [-0.2, 0) is 4.79 Å². The highest BCUT2D eigenvalue weighted by atomic mass is 32.2. The lowest BCUT2D eigenvalue weighted by atomic mass is 10.1. The van der Waals surface area contributed by atoms with Crippen molar-refractivity contribution in [3.63, 3.8) is 0 Å². The first-order chi connectivity index (χ1) is 15.9. The number of hydrazone groups is 1. The molecule has 1 unspecified atom stereocenters. The standard InChI is InChI=1S/C24H20FN3O4S/c1-14-18(6-4-8-20(14)32-15(2)29)23(30)28-24(19-7-5-13-26-21(19)31-3)33-22(27-28)16-9-11-17(25)12-10-16/h4-13,24H,1-3H3. The fourth-order valence-electron chi connectivity index (χ4n) is 3.39. The molecule has 2 heterocycles. The second-order valence-electron chi connectivity index (χ2n) is 7.16. The van der Waals surface area contributed by atoms with Crippen molar-refractivity contribution in [3.05, 3.63) is 88.9 Å². The number of rotatable bonds is 5. The van der Waals surface area contributed by atoms with Crippen LogP contribution in [-0.4, -0.2) is 34.0 Å². The Kier molecular flexibility index (Phi) is 6.41. The Hall–Kier alpha value is -3.72. The lowest BCUT2D eigenvalue weighted by molar-refractivity contribution is -0.131. The number of aromatic nitrogens is 1. The number of benzene rings is 2. The Morgan fingerprint density at radius 2 is 1.85 bits per heavy atom. The maximum absolute atomic E-state index is 13.7. The van der Waals surface area contributed by atoms with Crippen LogP contribution >= 0.6 is 11.8 Å². The predicted molar refractivity (Wildman–Crippen MR) is 123 cm³/mol. The topological polar surface area (TPSA) is 81.1 Å². The number of carbonyl (C=O) groups is 2. The van der Waals surface area contributed by atoms with Gasteiger partial charge in [0.25, 0.3) is 5.91 Å². The number of thioether (sulfide) groups is 1. The van der Waals surface area contributed by atoms with Crippen molar-refractivity contribution in [1.82, 2.24) is 9.99 Å². The zero-order valence-electron chi connectivity index (χ0n) is 18.1. The van der Waals surface area contributed by atoms with Crippen molar-refractivity contribution >= 4 is 28.7 Å². The molecule has 1 amide bonds. The van der Waals surface area contributed by atoms with Gasteiger partial charge in [-0.3, -0.25) is 9.59 Å². The van der Waals surface area contributed by atoms with Crippen LogP contribution in [0.25, 0.3) is 0 Å².